The number of aromatic nitrogens is 2. The topological polar surface area (TPSA) is 41.1 Å². The first-order chi connectivity index (χ1) is 9.70. The van der Waals surface area contributed by atoms with E-state index in [1.54, 1.807) is 0 Å². The third-order valence-corrected chi connectivity index (χ3v) is 3.56. The summed E-state index contributed by atoms with van der Waals surface area (Å²) in [6.45, 7) is 9.62. The maximum Gasteiger partial charge on any atom is 0.147 e. The van der Waals surface area contributed by atoms with Crippen LogP contribution in [0.2, 0.25) is 0 Å². The molecular weight excluding hydrogens is 248 g/mol. The molecule has 1 heterocycles. The molecule has 0 bridgehead atoms. The van der Waals surface area contributed by atoms with E-state index >= 15 is 0 Å². The molecule has 2 rings (SSSR count). The third-order valence-electron chi connectivity index (χ3n) is 3.56. The second-order valence-corrected chi connectivity index (χ2v) is 6.17. The molecule has 1 saturated carbocycles. The third kappa shape index (κ3) is 4.75. The van der Waals surface area contributed by atoms with Gasteiger partial charge in [0.25, 0.3) is 0 Å². The van der Waals surface area contributed by atoms with Gasteiger partial charge in [-0.05, 0) is 31.7 Å². The number of hydrogen-bond donors (Lipinski definition) is 1. The van der Waals surface area contributed by atoms with E-state index in [1.807, 2.05) is 12.4 Å². The fourth-order valence-electron chi connectivity index (χ4n) is 2.31. The van der Waals surface area contributed by atoms with E-state index in [-0.39, 0.29) is 0 Å². The fraction of sp³-hybridized carbons (Fsp3) is 0.750. The summed E-state index contributed by atoms with van der Waals surface area (Å²) in [6.07, 6.45) is 8.87. The zero-order valence-electron chi connectivity index (χ0n) is 13.1. The first-order valence-corrected chi connectivity index (χ1v) is 7.99. The van der Waals surface area contributed by atoms with E-state index in [0.717, 1.165) is 31.1 Å². The summed E-state index contributed by atoms with van der Waals surface area (Å²) >= 11 is 0. The molecule has 1 aromatic rings. The lowest BCUT2D eigenvalue weighted by Gasteiger charge is -2.23. The molecule has 1 aliphatic rings. The molecule has 4 heteroatoms. The van der Waals surface area contributed by atoms with E-state index in [4.69, 9.17) is 4.98 Å². The van der Waals surface area contributed by atoms with Gasteiger partial charge in [-0.1, -0.05) is 27.2 Å². The summed E-state index contributed by atoms with van der Waals surface area (Å²) in [4.78, 5) is 11.6. The number of unbranched alkanes of at least 4 members (excludes halogenated alkanes) is 1. The van der Waals surface area contributed by atoms with Gasteiger partial charge in [0.15, 0.2) is 0 Å². The number of nitrogens with zero attached hydrogens (tertiary/aromatic N) is 3. The maximum atomic E-state index is 4.79. The molecule has 0 unspecified atom stereocenters. The Bertz CT molecular complexity index is 401. The highest BCUT2D eigenvalue weighted by Gasteiger charge is 2.29. The van der Waals surface area contributed by atoms with Gasteiger partial charge in [0, 0.05) is 25.3 Å². The van der Waals surface area contributed by atoms with Gasteiger partial charge in [0.1, 0.15) is 5.82 Å². The van der Waals surface area contributed by atoms with Crippen LogP contribution in [0.1, 0.15) is 52.1 Å². The largest absolute Gasteiger partial charge is 0.352 e. The lowest BCUT2D eigenvalue weighted by Crippen LogP contribution is -2.28. The predicted molar refractivity (Wildman–Crippen MR) is 83.9 cm³/mol. The van der Waals surface area contributed by atoms with Crippen molar-refractivity contribution in [2.75, 3.05) is 18.0 Å². The molecule has 4 nitrogen and oxygen atoms in total. The molecule has 0 amide bonds. The SMILES string of the molecule is CCCCN(c1cncc(CNCC(C)C)n1)C1CC1. The Morgan fingerprint density at radius 3 is 2.80 bits per heavy atom. The van der Waals surface area contributed by atoms with Gasteiger partial charge in [-0.25, -0.2) is 4.98 Å². The highest BCUT2D eigenvalue weighted by atomic mass is 15.2. The maximum absolute atomic E-state index is 4.79. The number of anilines is 1. The van der Waals surface area contributed by atoms with E-state index in [9.17, 15) is 0 Å². The summed E-state index contributed by atoms with van der Waals surface area (Å²) in [5.74, 6) is 1.73. The van der Waals surface area contributed by atoms with Crippen LogP contribution in [0.15, 0.2) is 12.4 Å². The van der Waals surface area contributed by atoms with Crippen molar-refractivity contribution in [3.63, 3.8) is 0 Å². The van der Waals surface area contributed by atoms with Crippen LogP contribution in [0.5, 0.6) is 0 Å². The predicted octanol–water partition coefficient (Wildman–Crippen LogP) is 2.99. The second kappa shape index (κ2) is 7.58. The first kappa shape index (κ1) is 15.2. The van der Waals surface area contributed by atoms with Gasteiger partial charge in [0.05, 0.1) is 11.9 Å². The fourth-order valence-corrected chi connectivity index (χ4v) is 2.31. The summed E-state index contributed by atoms with van der Waals surface area (Å²) in [6, 6.07) is 0.703. The Morgan fingerprint density at radius 2 is 2.15 bits per heavy atom. The highest BCUT2D eigenvalue weighted by molar-refractivity contribution is 5.39. The molecule has 0 aromatic carbocycles. The summed E-state index contributed by atoms with van der Waals surface area (Å²) in [5.41, 5.74) is 1.05. The van der Waals surface area contributed by atoms with E-state index in [0.29, 0.717) is 12.0 Å². The Hall–Kier alpha value is -1.16. The molecule has 20 heavy (non-hydrogen) atoms. The van der Waals surface area contributed by atoms with Gasteiger partial charge in [-0.3, -0.25) is 4.98 Å². The number of rotatable bonds is 9. The standard InChI is InChI=1S/C16H28N4/c1-4-5-8-20(15-6-7-15)16-12-18-11-14(19-16)10-17-9-13(2)3/h11-13,15,17H,4-10H2,1-3H3. The summed E-state index contributed by atoms with van der Waals surface area (Å²) < 4.78 is 0. The zero-order valence-corrected chi connectivity index (χ0v) is 13.1. The van der Waals surface area contributed by atoms with Crippen LogP contribution < -0.4 is 10.2 Å². The van der Waals surface area contributed by atoms with Crippen molar-refractivity contribution in [3.8, 4) is 0 Å². The summed E-state index contributed by atoms with van der Waals surface area (Å²) in [7, 11) is 0. The molecule has 0 aliphatic heterocycles. The first-order valence-electron chi connectivity index (χ1n) is 7.99. The van der Waals surface area contributed by atoms with Crippen LogP contribution >= 0.6 is 0 Å². The van der Waals surface area contributed by atoms with Gasteiger partial charge in [-0.15, -0.1) is 0 Å². The van der Waals surface area contributed by atoms with E-state index in [1.165, 1.54) is 25.7 Å². The lowest BCUT2D eigenvalue weighted by atomic mass is 10.2. The van der Waals surface area contributed by atoms with Crippen molar-refractivity contribution in [2.45, 2.75) is 59.0 Å². The van der Waals surface area contributed by atoms with Crippen molar-refractivity contribution in [1.82, 2.24) is 15.3 Å². The normalized spacial score (nSPS) is 14.8. The van der Waals surface area contributed by atoms with Crippen molar-refractivity contribution >= 4 is 5.82 Å². The smallest absolute Gasteiger partial charge is 0.147 e. The lowest BCUT2D eigenvalue weighted by molar-refractivity contribution is 0.547. The van der Waals surface area contributed by atoms with Crippen LogP contribution in [0.25, 0.3) is 0 Å². The van der Waals surface area contributed by atoms with Gasteiger partial charge >= 0.3 is 0 Å². The average Bonchev–Trinajstić information content (AvgIpc) is 3.24. The van der Waals surface area contributed by atoms with Crippen LogP contribution in [-0.4, -0.2) is 29.1 Å². The molecule has 1 N–H and O–H groups in total. The Morgan fingerprint density at radius 1 is 1.35 bits per heavy atom. The van der Waals surface area contributed by atoms with E-state index < -0.39 is 0 Å². The van der Waals surface area contributed by atoms with Crippen molar-refractivity contribution < 1.29 is 0 Å². The van der Waals surface area contributed by atoms with Crippen molar-refractivity contribution in [3.05, 3.63) is 18.1 Å². The minimum Gasteiger partial charge on any atom is -0.352 e. The Kier molecular flexibility index (Phi) is 5.77. The molecule has 1 fully saturated rings. The molecule has 0 atom stereocenters. The molecule has 0 radical (unpaired) electrons. The molecule has 0 saturated heterocycles. The average molecular weight is 276 g/mol. The molecule has 1 aliphatic carbocycles. The number of nitrogens with one attached hydrogen (secondary N) is 1. The Labute approximate surface area is 123 Å². The number of hydrogen-bond acceptors (Lipinski definition) is 4. The van der Waals surface area contributed by atoms with Crippen LogP contribution in [-0.2, 0) is 6.54 Å². The van der Waals surface area contributed by atoms with Crippen LogP contribution in [0.4, 0.5) is 5.82 Å². The minimum absolute atomic E-state index is 0.665. The van der Waals surface area contributed by atoms with Crippen LogP contribution in [0.3, 0.4) is 0 Å². The van der Waals surface area contributed by atoms with Crippen molar-refractivity contribution in [1.29, 1.82) is 0 Å². The molecule has 1 aromatic heterocycles. The molecule has 112 valence electrons. The highest BCUT2D eigenvalue weighted by Crippen LogP contribution is 2.30. The minimum atomic E-state index is 0.665. The Balaban J connectivity index is 1.95. The zero-order chi connectivity index (χ0) is 14.4. The quantitative estimate of drug-likeness (QED) is 0.753. The molecule has 0 spiro atoms. The molecular formula is C16H28N4. The van der Waals surface area contributed by atoms with Gasteiger partial charge in [-0.2, -0.15) is 0 Å². The van der Waals surface area contributed by atoms with E-state index in [2.05, 4.69) is 36.0 Å². The van der Waals surface area contributed by atoms with Gasteiger partial charge < -0.3 is 10.2 Å². The van der Waals surface area contributed by atoms with Crippen LogP contribution in [0, 0.1) is 5.92 Å². The summed E-state index contributed by atoms with van der Waals surface area (Å²) in [5, 5.41) is 3.43. The van der Waals surface area contributed by atoms with Crippen molar-refractivity contribution in [2.24, 2.45) is 5.92 Å². The van der Waals surface area contributed by atoms with Gasteiger partial charge in [0.2, 0.25) is 0 Å². The monoisotopic (exact) mass is 276 g/mol. The second-order valence-electron chi connectivity index (χ2n) is 6.17.